The van der Waals surface area contributed by atoms with E-state index in [1.54, 1.807) is 11.3 Å². The van der Waals surface area contributed by atoms with Gasteiger partial charge in [-0.3, -0.25) is 4.79 Å². The third-order valence-corrected chi connectivity index (χ3v) is 4.31. The van der Waals surface area contributed by atoms with Gasteiger partial charge in [-0.2, -0.15) is 0 Å². The quantitative estimate of drug-likeness (QED) is 0.867. The number of hydrogen-bond acceptors (Lipinski definition) is 3. The van der Waals surface area contributed by atoms with Crippen LogP contribution >= 0.6 is 27.3 Å². The molecule has 1 aliphatic rings. The van der Waals surface area contributed by atoms with Gasteiger partial charge in [0.05, 0.1) is 5.92 Å². The number of halogens is 1. The van der Waals surface area contributed by atoms with Gasteiger partial charge in [-0.15, -0.1) is 11.3 Å². The molecule has 1 aromatic heterocycles. The maximum Gasteiger partial charge on any atom is 0.308 e. The van der Waals surface area contributed by atoms with Crippen LogP contribution in [-0.4, -0.2) is 24.2 Å². The van der Waals surface area contributed by atoms with Crippen LogP contribution in [0.2, 0.25) is 0 Å². The summed E-state index contributed by atoms with van der Waals surface area (Å²) in [4.78, 5) is 12.1. The molecule has 2 rings (SSSR count). The lowest BCUT2D eigenvalue weighted by atomic mass is 9.95. The molecule has 1 fully saturated rings. The molecular formula is C9H10BrNO2S. The van der Waals surface area contributed by atoms with Gasteiger partial charge in [0.15, 0.2) is 0 Å². The van der Waals surface area contributed by atoms with Crippen molar-refractivity contribution in [3.63, 3.8) is 0 Å². The number of rotatable bonds is 2. The number of aliphatic carboxylic acids is 1. The summed E-state index contributed by atoms with van der Waals surface area (Å²) in [7, 11) is 0. The van der Waals surface area contributed by atoms with Crippen molar-refractivity contribution < 1.29 is 9.90 Å². The lowest BCUT2D eigenvalue weighted by Gasteiger charge is -2.11. The SMILES string of the molecule is O=C(O)[C@@H]1CNC[C@H]1c1cc(Br)cs1. The third kappa shape index (κ3) is 1.85. The van der Waals surface area contributed by atoms with Crippen LogP contribution in [0, 0.1) is 5.92 Å². The average Bonchev–Trinajstić information content (AvgIpc) is 2.70. The van der Waals surface area contributed by atoms with E-state index in [1.807, 2.05) is 11.4 Å². The smallest absolute Gasteiger partial charge is 0.308 e. The van der Waals surface area contributed by atoms with E-state index >= 15 is 0 Å². The Morgan fingerprint density at radius 1 is 1.64 bits per heavy atom. The zero-order valence-electron chi connectivity index (χ0n) is 7.37. The van der Waals surface area contributed by atoms with Crippen molar-refractivity contribution in [1.82, 2.24) is 5.32 Å². The van der Waals surface area contributed by atoms with Crippen molar-refractivity contribution in [3.05, 3.63) is 20.8 Å². The summed E-state index contributed by atoms with van der Waals surface area (Å²) in [6.07, 6.45) is 0. The van der Waals surface area contributed by atoms with Crippen LogP contribution in [0.5, 0.6) is 0 Å². The minimum absolute atomic E-state index is 0.129. The van der Waals surface area contributed by atoms with Gasteiger partial charge < -0.3 is 10.4 Å². The molecule has 14 heavy (non-hydrogen) atoms. The van der Waals surface area contributed by atoms with Crippen molar-refractivity contribution in [2.75, 3.05) is 13.1 Å². The molecule has 5 heteroatoms. The Bertz CT molecular complexity index is 352. The van der Waals surface area contributed by atoms with Crippen LogP contribution in [0.3, 0.4) is 0 Å². The summed E-state index contributed by atoms with van der Waals surface area (Å²) in [5.41, 5.74) is 0. The highest BCUT2D eigenvalue weighted by Crippen LogP contribution is 2.34. The summed E-state index contributed by atoms with van der Waals surface area (Å²) >= 11 is 5.00. The fourth-order valence-electron chi connectivity index (χ4n) is 1.76. The van der Waals surface area contributed by atoms with Gasteiger partial charge >= 0.3 is 5.97 Å². The average molecular weight is 276 g/mol. The molecule has 76 valence electrons. The van der Waals surface area contributed by atoms with Crippen LogP contribution in [0.1, 0.15) is 10.8 Å². The van der Waals surface area contributed by atoms with Crippen molar-refractivity contribution in [3.8, 4) is 0 Å². The van der Waals surface area contributed by atoms with Gasteiger partial charge in [-0.05, 0) is 22.0 Å². The van der Waals surface area contributed by atoms with Crippen molar-refractivity contribution in [2.24, 2.45) is 5.92 Å². The molecular weight excluding hydrogens is 266 g/mol. The first kappa shape index (κ1) is 10.1. The first-order valence-corrected chi connectivity index (χ1v) is 6.03. The molecule has 1 aromatic rings. The van der Waals surface area contributed by atoms with Crippen molar-refractivity contribution >= 4 is 33.2 Å². The van der Waals surface area contributed by atoms with Crippen molar-refractivity contribution in [2.45, 2.75) is 5.92 Å². The number of carbonyl (C=O) groups is 1. The van der Waals surface area contributed by atoms with Crippen LogP contribution in [0.25, 0.3) is 0 Å². The van der Waals surface area contributed by atoms with E-state index in [0.717, 1.165) is 15.9 Å². The van der Waals surface area contributed by atoms with E-state index in [2.05, 4.69) is 21.2 Å². The van der Waals surface area contributed by atoms with E-state index in [4.69, 9.17) is 5.11 Å². The molecule has 0 amide bonds. The first-order valence-electron chi connectivity index (χ1n) is 4.36. The standard InChI is InChI=1S/C9H10BrNO2S/c10-5-1-8(14-4-5)6-2-11-3-7(6)9(12)13/h1,4,6-7,11H,2-3H2,(H,12,13)/t6-,7-/m1/s1. The Morgan fingerprint density at radius 3 is 3.00 bits per heavy atom. The zero-order valence-corrected chi connectivity index (χ0v) is 9.77. The highest BCUT2D eigenvalue weighted by Gasteiger charge is 2.34. The van der Waals surface area contributed by atoms with Crippen LogP contribution in [0.4, 0.5) is 0 Å². The predicted molar refractivity (Wildman–Crippen MR) is 58.8 cm³/mol. The second kappa shape index (κ2) is 4.00. The van der Waals surface area contributed by atoms with E-state index in [9.17, 15) is 4.79 Å². The van der Waals surface area contributed by atoms with Crippen LogP contribution < -0.4 is 5.32 Å². The first-order chi connectivity index (χ1) is 6.68. The van der Waals surface area contributed by atoms with E-state index in [0.29, 0.717) is 6.54 Å². The largest absolute Gasteiger partial charge is 0.481 e. The van der Waals surface area contributed by atoms with Gasteiger partial charge in [0.2, 0.25) is 0 Å². The minimum Gasteiger partial charge on any atom is -0.481 e. The fourth-order valence-corrected chi connectivity index (χ4v) is 3.37. The number of thiophene rings is 1. The summed E-state index contributed by atoms with van der Waals surface area (Å²) in [5.74, 6) is -0.853. The normalized spacial score (nSPS) is 26.6. The molecule has 1 saturated heterocycles. The molecule has 0 saturated carbocycles. The Labute approximate surface area is 94.3 Å². The van der Waals surface area contributed by atoms with Gasteiger partial charge in [-0.25, -0.2) is 0 Å². The summed E-state index contributed by atoms with van der Waals surface area (Å²) in [6, 6.07) is 2.01. The topological polar surface area (TPSA) is 49.3 Å². The molecule has 3 nitrogen and oxygen atoms in total. The number of nitrogens with one attached hydrogen (secondary N) is 1. The van der Waals surface area contributed by atoms with Gasteiger partial charge in [-0.1, -0.05) is 0 Å². The molecule has 0 radical (unpaired) electrons. The van der Waals surface area contributed by atoms with E-state index in [1.165, 1.54) is 0 Å². The van der Waals surface area contributed by atoms with Crippen LogP contribution in [0.15, 0.2) is 15.9 Å². The maximum atomic E-state index is 10.9. The Morgan fingerprint density at radius 2 is 2.43 bits per heavy atom. The summed E-state index contributed by atoms with van der Waals surface area (Å²) in [5, 5.41) is 14.1. The summed E-state index contributed by atoms with van der Waals surface area (Å²) < 4.78 is 1.04. The Hall–Kier alpha value is -0.390. The molecule has 0 aliphatic carbocycles. The van der Waals surface area contributed by atoms with E-state index < -0.39 is 5.97 Å². The van der Waals surface area contributed by atoms with E-state index in [-0.39, 0.29) is 11.8 Å². The number of hydrogen-bond donors (Lipinski definition) is 2. The lowest BCUT2D eigenvalue weighted by Crippen LogP contribution is -2.20. The van der Waals surface area contributed by atoms with Crippen LogP contribution in [-0.2, 0) is 4.79 Å². The summed E-state index contributed by atoms with van der Waals surface area (Å²) in [6.45, 7) is 1.35. The molecule has 0 aromatic carbocycles. The number of carboxylic acids is 1. The van der Waals surface area contributed by atoms with Gasteiger partial charge in [0.1, 0.15) is 0 Å². The molecule has 1 aliphatic heterocycles. The van der Waals surface area contributed by atoms with Gasteiger partial charge in [0.25, 0.3) is 0 Å². The highest BCUT2D eigenvalue weighted by molar-refractivity contribution is 9.10. The highest BCUT2D eigenvalue weighted by atomic mass is 79.9. The van der Waals surface area contributed by atoms with Crippen molar-refractivity contribution in [1.29, 1.82) is 0 Å². The molecule has 0 unspecified atom stereocenters. The fraction of sp³-hybridized carbons (Fsp3) is 0.444. The third-order valence-electron chi connectivity index (χ3n) is 2.48. The lowest BCUT2D eigenvalue weighted by molar-refractivity contribution is -0.141. The minimum atomic E-state index is -0.704. The monoisotopic (exact) mass is 275 g/mol. The molecule has 2 atom stereocenters. The Kier molecular flexibility index (Phi) is 2.90. The number of carboxylic acid groups (broad SMARTS) is 1. The second-order valence-corrected chi connectivity index (χ2v) is 5.24. The maximum absolute atomic E-state index is 10.9. The molecule has 0 bridgehead atoms. The molecule has 0 spiro atoms. The second-order valence-electron chi connectivity index (χ2n) is 3.38. The molecule has 2 heterocycles. The predicted octanol–water partition coefficient (Wildman–Crippen LogP) is 1.90. The molecule has 2 N–H and O–H groups in total. The van der Waals surface area contributed by atoms with Gasteiger partial charge in [0, 0.05) is 33.7 Å². The zero-order chi connectivity index (χ0) is 10.1. The Balaban J connectivity index is 2.21.